The van der Waals surface area contributed by atoms with Crippen molar-refractivity contribution in [2.24, 2.45) is 32.9 Å². The molecule has 4 amide bonds. The first-order valence-corrected chi connectivity index (χ1v) is 21.0. The summed E-state index contributed by atoms with van der Waals surface area (Å²) in [6.07, 6.45) is 12.2. The monoisotopic (exact) mass is 936 g/mol. The summed E-state index contributed by atoms with van der Waals surface area (Å²) in [4.78, 5) is 77.7. The van der Waals surface area contributed by atoms with Crippen molar-refractivity contribution in [3.63, 3.8) is 0 Å². The number of benzene rings is 2. The normalized spacial score (nSPS) is 11.4. The Morgan fingerprint density at radius 3 is 2.21 bits per heavy atom. The first kappa shape index (κ1) is 53.9. The summed E-state index contributed by atoms with van der Waals surface area (Å²) in [6, 6.07) is 7.09. The average Bonchev–Trinajstić information content (AvgIpc) is 4.03. The number of ether oxygens (including phenoxy) is 2. The quantitative estimate of drug-likeness (QED) is 0.0316. The van der Waals surface area contributed by atoms with Gasteiger partial charge in [-0.3, -0.25) is 53.5 Å². The number of imidazole rings is 1. The van der Waals surface area contributed by atoms with Gasteiger partial charge >= 0.3 is 0 Å². The molecule has 23 nitrogen and oxygen atoms in total. The topological polar surface area (TPSA) is 339 Å². The average molecular weight is 937 g/mol. The lowest BCUT2D eigenvalue weighted by Gasteiger charge is -2.25. The summed E-state index contributed by atoms with van der Waals surface area (Å²) >= 11 is 0. The Morgan fingerprint density at radius 2 is 1.63 bits per heavy atom. The van der Waals surface area contributed by atoms with Gasteiger partial charge in [0.25, 0.3) is 18.3 Å². The van der Waals surface area contributed by atoms with E-state index in [9.17, 15) is 24.0 Å². The number of fused-ring (bicyclic) bond motifs is 1. The molecule has 3 aromatic heterocycles. The van der Waals surface area contributed by atoms with Gasteiger partial charge in [0.2, 0.25) is 17.8 Å². The van der Waals surface area contributed by atoms with E-state index in [1.54, 1.807) is 59.1 Å². The molecular weight excluding hydrogens is 877 g/mol. The minimum absolute atomic E-state index is 0.00635. The van der Waals surface area contributed by atoms with E-state index in [0.29, 0.717) is 40.4 Å². The number of likely N-dealkylation sites (N-methyl/N-ethyl adjacent to an activating group) is 1. The Balaban J connectivity index is 0.000000753. The van der Waals surface area contributed by atoms with E-state index >= 15 is 0 Å². The van der Waals surface area contributed by atoms with Crippen LogP contribution in [0.5, 0.6) is 11.5 Å². The number of nitrogens with one attached hydrogen (secondary N) is 2. The van der Waals surface area contributed by atoms with Crippen LogP contribution >= 0.6 is 0 Å². The number of hydrogen-bond donors (Lipinski definition) is 7. The SMILES string of the molecule is C=Nc1cc(C(N)=O)cc(OC=O)c1N(C/C=C/Cn1c(NC(=O)c2cc(C)nn2CC)nc2cc(C(N)=O)cc(OC)c21)C(=O)C(/C=C(/C)N)=NCC.CN.CNC/C=C/Cn1cc(N)cn1. The number of allylic oxidation sites excluding steroid dienone is 3. The number of nitrogens with zero attached hydrogens (tertiary/aromatic N) is 9. The molecule has 0 saturated heterocycles. The van der Waals surface area contributed by atoms with Crippen LogP contribution in [0.4, 0.5) is 23.0 Å². The Morgan fingerprint density at radius 1 is 0.956 bits per heavy atom. The maximum Gasteiger partial charge on any atom is 0.298 e. The second-order valence-corrected chi connectivity index (χ2v) is 14.1. The van der Waals surface area contributed by atoms with Crippen molar-refractivity contribution >= 4 is 76.6 Å². The smallest absolute Gasteiger partial charge is 0.298 e. The minimum Gasteiger partial charge on any atom is -0.494 e. The van der Waals surface area contributed by atoms with E-state index in [4.69, 9.17) is 32.4 Å². The third-order valence-electron chi connectivity index (χ3n) is 9.26. The van der Waals surface area contributed by atoms with E-state index < -0.39 is 23.6 Å². The number of nitrogens with two attached hydrogens (primary N) is 5. The molecule has 5 rings (SSSR count). The van der Waals surface area contributed by atoms with Crippen LogP contribution < -0.4 is 53.7 Å². The number of aryl methyl sites for hydroxylation is 2. The Hall–Kier alpha value is -8.44. The number of carbonyl (C=O) groups excluding carboxylic acids is 5. The molecule has 3 heterocycles. The highest BCUT2D eigenvalue weighted by atomic mass is 16.5. The van der Waals surface area contributed by atoms with E-state index in [2.05, 4.69) is 54.3 Å². The van der Waals surface area contributed by atoms with Crippen LogP contribution in [0, 0.1) is 6.92 Å². The lowest BCUT2D eigenvalue weighted by molar-refractivity contribution is -0.120. The number of carbonyl (C=O) groups is 5. The van der Waals surface area contributed by atoms with Gasteiger partial charge in [-0.25, -0.2) is 4.98 Å². The van der Waals surface area contributed by atoms with Crippen molar-refractivity contribution in [2.75, 3.05) is 56.8 Å². The van der Waals surface area contributed by atoms with Crippen molar-refractivity contribution in [3.05, 3.63) is 101 Å². The maximum atomic E-state index is 14.2. The number of aromatic nitrogens is 6. The van der Waals surface area contributed by atoms with Gasteiger partial charge in [-0.2, -0.15) is 10.2 Å². The van der Waals surface area contributed by atoms with Gasteiger partial charge in [-0.05, 0) is 84.9 Å². The van der Waals surface area contributed by atoms with Gasteiger partial charge in [0.05, 0.1) is 42.4 Å². The molecule has 0 aliphatic heterocycles. The molecule has 0 aliphatic carbocycles. The Bertz CT molecular complexity index is 2700. The number of hydrogen-bond acceptors (Lipinski definition) is 16. The van der Waals surface area contributed by atoms with Crippen molar-refractivity contribution < 1.29 is 33.4 Å². The van der Waals surface area contributed by atoms with E-state index in [0.717, 1.165) is 13.1 Å². The van der Waals surface area contributed by atoms with Gasteiger partial charge in [0, 0.05) is 55.7 Å². The Kier molecular flexibility index (Phi) is 21.0. The predicted molar refractivity (Wildman–Crippen MR) is 263 cm³/mol. The molecule has 5 aromatic rings. The number of primary amides is 2. The number of amides is 4. The standard InChI is InChI=1S/C36H41N11O7.C8H14N4.CH5N/c1-7-41-26(13-20(3)37)35(52)45(30-24(40-5)15-22(32(38)49)18-29(30)54-19-48)11-9-10-12-46-31-25(16-23(33(39)50)17-28(31)53-6)42-36(46)43-34(51)27-14-21(4)44-47(27)8-2;1-10-4-2-3-5-12-7-8(9)6-11-12;1-2/h9-10,13-19H,5,7-8,11-12,37H2,1-4,6H3,(H2,38,49)(H2,39,50)(H,42,43,51);2-3,6-7,10H,4-5,9H2,1H3;2H2,1H3/b10-9+,20-13-,41-26?;3-2+;. The molecule has 23 heteroatoms. The highest BCUT2D eigenvalue weighted by Crippen LogP contribution is 2.40. The lowest BCUT2D eigenvalue weighted by Crippen LogP contribution is -2.37. The summed E-state index contributed by atoms with van der Waals surface area (Å²) in [6.45, 7) is 12.9. The largest absolute Gasteiger partial charge is 0.494 e. The van der Waals surface area contributed by atoms with Gasteiger partial charge in [-0.15, -0.1) is 0 Å². The summed E-state index contributed by atoms with van der Waals surface area (Å²) < 4.78 is 15.8. The second kappa shape index (κ2) is 26.5. The molecule has 0 spiro atoms. The molecule has 0 bridgehead atoms. The number of methoxy groups -OCH3 is 1. The van der Waals surface area contributed by atoms with Crippen molar-refractivity contribution in [1.29, 1.82) is 0 Å². The highest BCUT2D eigenvalue weighted by molar-refractivity contribution is 6.48. The molecule has 362 valence electrons. The third-order valence-corrected chi connectivity index (χ3v) is 9.26. The summed E-state index contributed by atoms with van der Waals surface area (Å²) in [5.41, 5.74) is 29.8. The van der Waals surface area contributed by atoms with Crippen LogP contribution in [0.25, 0.3) is 11.0 Å². The molecular formula is C45H60N16O7. The van der Waals surface area contributed by atoms with Gasteiger partial charge in [0.1, 0.15) is 28.4 Å². The summed E-state index contributed by atoms with van der Waals surface area (Å²) in [7, 11) is 4.83. The van der Waals surface area contributed by atoms with Crippen LogP contribution in [0.15, 0.2) is 88.8 Å². The first-order valence-electron chi connectivity index (χ1n) is 21.0. The molecule has 0 radical (unpaired) electrons. The zero-order valence-corrected chi connectivity index (χ0v) is 39.2. The molecule has 0 fully saturated rings. The first-order chi connectivity index (χ1) is 32.6. The fourth-order valence-corrected chi connectivity index (χ4v) is 6.40. The van der Waals surface area contributed by atoms with Crippen molar-refractivity contribution in [2.45, 2.75) is 47.3 Å². The second-order valence-electron chi connectivity index (χ2n) is 14.1. The predicted octanol–water partition coefficient (Wildman–Crippen LogP) is 2.62. The molecule has 12 N–H and O–H groups in total. The van der Waals surface area contributed by atoms with Crippen LogP contribution in [-0.2, 0) is 29.2 Å². The van der Waals surface area contributed by atoms with E-state index in [1.807, 2.05) is 26.2 Å². The van der Waals surface area contributed by atoms with Crippen molar-refractivity contribution in [1.82, 2.24) is 34.4 Å². The minimum atomic E-state index is -0.835. The zero-order valence-electron chi connectivity index (χ0n) is 39.2. The van der Waals surface area contributed by atoms with Crippen molar-refractivity contribution in [3.8, 4) is 11.5 Å². The lowest BCUT2D eigenvalue weighted by atomic mass is 10.1. The zero-order chi connectivity index (χ0) is 50.5. The number of aliphatic imine (C=N–C) groups is 2. The third kappa shape index (κ3) is 14.3. The number of rotatable bonds is 21. The van der Waals surface area contributed by atoms with Gasteiger partial charge in [-0.1, -0.05) is 24.3 Å². The molecule has 0 atom stereocenters. The van der Waals surface area contributed by atoms with E-state index in [-0.39, 0.29) is 71.8 Å². The molecule has 2 aromatic carbocycles. The Labute approximate surface area is 393 Å². The maximum absolute atomic E-state index is 14.2. The molecule has 0 aliphatic rings. The van der Waals surface area contributed by atoms with Gasteiger partial charge in [0.15, 0.2) is 5.75 Å². The summed E-state index contributed by atoms with van der Waals surface area (Å²) in [5.74, 6) is -2.51. The fourth-order valence-electron chi connectivity index (χ4n) is 6.40. The van der Waals surface area contributed by atoms with Gasteiger partial charge < -0.3 is 48.0 Å². The molecule has 0 unspecified atom stereocenters. The number of nitrogen functional groups attached to an aromatic ring is 1. The van der Waals surface area contributed by atoms with Crippen LogP contribution in [-0.4, -0.2) is 112 Å². The van der Waals surface area contributed by atoms with Crippen LogP contribution in [0.2, 0.25) is 0 Å². The van der Waals surface area contributed by atoms with Crippen LogP contribution in [0.1, 0.15) is 57.7 Å². The van der Waals surface area contributed by atoms with Crippen LogP contribution in [0.3, 0.4) is 0 Å². The number of anilines is 3. The molecule has 0 saturated carbocycles. The summed E-state index contributed by atoms with van der Waals surface area (Å²) in [5, 5.41) is 14.2. The van der Waals surface area contributed by atoms with E-state index in [1.165, 1.54) is 49.4 Å². The fraction of sp³-hybridized carbons (Fsp3) is 0.289. The highest BCUT2D eigenvalue weighted by Gasteiger charge is 2.27. The molecule has 68 heavy (non-hydrogen) atoms.